The number of rotatable bonds is 13. The fourth-order valence-corrected chi connectivity index (χ4v) is 4.16. The highest BCUT2D eigenvalue weighted by Crippen LogP contribution is 2.28. The van der Waals surface area contributed by atoms with Crippen molar-refractivity contribution in [2.75, 3.05) is 11.6 Å². The molecule has 3 heteroatoms. The molecule has 28 heavy (non-hydrogen) atoms. The van der Waals surface area contributed by atoms with Crippen molar-refractivity contribution in [3.05, 3.63) is 42.5 Å². The van der Waals surface area contributed by atoms with Gasteiger partial charge in [-0.05, 0) is 17.9 Å². The molecule has 0 atom stereocenters. The second-order valence-electron chi connectivity index (χ2n) is 8.06. The first-order chi connectivity index (χ1) is 13.9. The van der Waals surface area contributed by atoms with Gasteiger partial charge < -0.3 is 4.90 Å². The minimum atomic E-state index is 0.779. The zero-order chi connectivity index (χ0) is 19.4. The van der Waals surface area contributed by atoms with Gasteiger partial charge in [-0.2, -0.15) is 5.10 Å². The van der Waals surface area contributed by atoms with Crippen LogP contribution in [0, 0.1) is 0 Å². The lowest BCUT2D eigenvalue weighted by atomic mass is 10.0. The Bertz CT molecular complexity index is 732. The van der Waals surface area contributed by atoms with Crippen LogP contribution in [0.5, 0.6) is 0 Å². The number of anilines is 1. The summed E-state index contributed by atoms with van der Waals surface area (Å²) in [5.41, 5.74) is 4.46. The summed E-state index contributed by atoms with van der Waals surface area (Å²) in [6.07, 6.45) is 16.3. The molecule has 1 aliphatic heterocycles. The highest BCUT2D eigenvalue weighted by atomic mass is 15.5. The molecular formula is C25H37N3. The number of unbranched alkanes of at least 4 members (excludes halogenated alkanes) is 10. The van der Waals surface area contributed by atoms with Crippen LogP contribution < -0.4 is 10.3 Å². The van der Waals surface area contributed by atoms with Gasteiger partial charge >= 0.3 is 0 Å². The van der Waals surface area contributed by atoms with Crippen molar-refractivity contribution < 1.29 is 0 Å². The van der Waals surface area contributed by atoms with Crippen LogP contribution in [0.2, 0.25) is 0 Å². The SMILES string of the molecule is CCCCCCCCCCCCCC1=NNCN1c1cccc2ccccc12. The van der Waals surface area contributed by atoms with E-state index in [2.05, 4.69) is 64.8 Å². The number of hydrogen-bond acceptors (Lipinski definition) is 3. The number of benzene rings is 2. The Labute approximate surface area is 171 Å². The summed E-state index contributed by atoms with van der Waals surface area (Å²) in [5, 5.41) is 7.17. The van der Waals surface area contributed by atoms with E-state index in [1.807, 2.05) is 0 Å². The van der Waals surface area contributed by atoms with Crippen LogP contribution in [0.3, 0.4) is 0 Å². The third kappa shape index (κ3) is 5.98. The van der Waals surface area contributed by atoms with E-state index in [9.17, 15) is 0 Å². The number of amidine groups is 1. The van der Waals surface area contributed by atoms with Crippen LogP contribution in [0.4, 0.5) is 5.69 Å². The van der Waals surface area contributed by atoms with Gasteiger partial charge in [0.15, 0.2) is 0 Å². The van der Waals surface area contributed by atoms with Gasteiger partial charge in [0.1, 0.15) is 12.5 Å². The molecular weight excluding hydrogens is 342 g/mol. The van der Waals surface area contributed by atoms with Gasteiger partial charge in [0, 0.05) is 11.8 Å². The molecule has 2 aromatic carbocycles. The molecule has 152 valence electrons. The van der Waals surface area contributed by atoms with Gasteiger partial charge in [-0.25, -0.2) is 0 Å². The lowest BCUT2D eigenvalue weighted by Crippen LogP contribution is -2.29. The molecule has 3 nitrogen and oxygen atoms in total. The Hall–Kier alpha value is -2.03. The number of nitrogens with one attached hydrogen (secondary N) is 1. The first kappa shape index (κ1) is 20.7. The molecule has 0 radical (unpaired) electrons. The number of hydrazone groups is 1. The molecule has 0 spiro atoms. The molecule has 0 aliphatic carbocycles. The van der Waals surface area contributed by atoms with E-state index < -0.39 is 0 Å². The molecule has 1 N–H and O–H groups in total. The summed E-state index contributed by atoms with van der Waals surface area (Å²) in [6.45, 7) is 3.07. The molecule has 0 saturated carbocycles. The predicted octanol–water partition coefficient (Wildman–Crippen LogP) is 7.22. The van der Waals surface area contributed by atoms with Crippen LogP contribution in [0.15, 0.2) is 47.6 Å². The summed E-state index contributed by atoms with van der Waals surface area (Å²) in [7, 11) is 0. The predicted molar refractivity (Wildman–Crippen MR) is 123 cm³/mol. The van der Waals surface area contributed by atoms with Gasteiger partial charge in [-0.1, -0.05) is 108 Å². The second-order valence-corrected chi connectivity index (χ2v) is 8.06. The first-order valence-corrected chi connectivity index (χ1v) is 11.4. The van der Waals surface area contributed by atoms with Gasteiger partial charge in [-0.15, -0.1) is 0 Å². The van der Waals surface area contributed by atoms with Gasteiger partial charge in [0.2, 0.25) is 0 Å². The third-order valence-corrected chi connectivity index (χ3v) is 5.81. The molecule has 2 aromatic rings. The average Bonchev–Trinajstić information content (AvgIpc) is 3.20. The number of nitrogens with zero attached hydrogens (tertiary/aromatic N) is 2. The number of hydrogen-bond donors (Lipinski definition) is 1. The standard InChI is InChI=1S/C25H37N3/c1-2-3-4-5-6-7-8-9-10-11-12-20-25-27-26-21-28(25)24-19-15-17-22-16-13-14-18-23(22)24/h13-19,26H,2-12,20-21H2,1H3. The van der Waals surface area contributed by atoms with E-state index in [-0.39, 0.29) is 0 Å². The van der Waals surface area contributed by atoms with E-state index in [0.717, 1.165) is 13.1 Å². The van der Waals surface area contributed by atoms with Crippen molar-refractivity contribution in [1.82, 2.24) is 5.43 Å². The fraction of sp³-hybridized carbons (Fsp3) is 0.560. The Morgan fingerprint density at radius 2 is 1.43 bits per heavy atom. The van der Waals surface area contributed by atoms with Crippen molar-refractivity contribution in [3.8, 4) is 0 Å². The van der Waals surface area contributed by atoms with Crippen molar-refractivity contribution in [2.45, 2.75) is 84.0 Å². The molecule has 1 heterocycles. The summed E-state index contributed by atoms with van der Waals surface area (Å²) in [5.74, 6) is 1.19. The van der Waals surface area contributed by atoms with Crippen LogP contribution in [0.1, 0.15) is 84.0 Å². The van der Waals surface area contributed by atoms with Crippen molar-refractivity contribution >= 4 is 22.3 Å². The highest BCUT2D eigenvalue weighted by molar-refractivity contribution is 6.06. The quantitative estimate of drug-likeness (QED) is 0.372. The topological polar surface area (TPSA) is 27.6 Å². The molecule has 0 saturated heterocycles. The second kappa shape index (κ2) is 11.7. The average molecular weight is 380 g/mol. The Kier molecular flexibility index (Phi) is 8.67. The molecule has 3 rings (SSSR count). The molecule has 0 fully saturated rings. The van der Waals surface area contributed by atoms with Gasteiger partial charge in [-0.3, -0.25) is 5.43 Å². The maximum absolute atomic E-state index is 4.58. The van der Waals surface area contributed by atoms with E-state index in [0.29, 0.717) is 0 Å². The zero-order valence-corrected chi connectivity index (χ0v) is 17.6. The van der Waals surface area contributed by atoms with Gasteiger partial charge in [0.25, 0.3) is 0 Å². The maximum Gasteiger partial charge on any atom is 0.130 e. The fourth-order valence-electron chi connectivity index (χ4n) is 4.16. The Morgan fingerprint density at radius 3 is 2.18 bits per heavy atom. The van der Waals surface area contributed by atoms with E-state index in [4.69, 9.17) is 0 Å². The highest BCUT2D eigenvalue weighted by Gasteiger charge is 2.19. The smallest absolute Gasteiger partial charge is 0.130 e. The molecule has 0 amide bonds. The van der Waals surface area contributed by atoms with Crippen LogP contribution in [0.25, 0.3) is 10.8 Å². The summed E-state index contributed by atoms with van der Waals surface area (Å²) in [6, 6.07) is 15.2. The maximum atomic E-state index is 4.58. The van der Waals surface area contributed by atoms with Crippen molar-refractivity contribution in [3.63, 3.8) is 0 Å². The Balaban J connectivity index is 1.36. The van der Waals surface area contributed by atoms with E-state index in [1.54, 1.807) is 0 Å². The number of fused-ring (bicyclic) bond motifs is 1. The normalized spacial score (nSPS) is 13.8. The summed E-state index contributed by atoms with van der Waals surface area (Å²) >= 11 is 0. The minimum Gasteiger partial charge on any atom is -0.308 e. The molecule has 1 aliphatic rings. The van der Waals surface area contributed by atoms with E-state index in [1.165, 1.54) is 92.9 Å². The van der Waals surface area contributed by atoms with Crippen molar-refractivity contribution in [1.29, 1.82) is 0 Å². The lowest BCUT2D eigenvalue weighted by molar-refractivity contribution is 0.551. The van der Waals surface area contributed by atoms with Crippen molar-refractivity contribution in [2.24, 2.45) is 5.10 Å². The largest absolute Gasteiger partial charge is 0.308 e. The summed E-state index contributed by atoms with van der Waals surface area (Å²) < 4.78 is 0. The Morgan fingerprint density at radius 1 is 0.786 bits per heavy atom. The molecule has 0 bridgehead atoms. The van der Waals surface area contributed by atoms with Gasteiger partial charge in [0.05, 0.1) is 5.69 Å². The van der Waals surface area contributed by atoms with Crippen LogP contribution in [-0.2, 0) is 0 Å². The third-order valence-electron chi connectivity index (χ3n) is 5.81. The lowest BCUT2D eigenvalue weighted by Gasteiger charge is -2.21. The molecule has 0 unspecified atom stereocenters. The molecule has 0 aromatic heterocycles. The monoisotopic (exact) mass is 379 g/mol. The van der Waals surface area contributed by atoms with Crippen LogP contribution >= 0.6 is 0 Å². The van der Waals surface area contributed by atoms with E-state index >= 15 is 0 Å². The summed E-state index contributed by atoms with van der Waals surface area (Å²) in [4.78, 5) is 2.35. The zero-order valence-electron chi connectivity index (χ0n) is 17.6. The first-order valence-electron chi connectivity index (χ1n) is 11.4. The van der Waals surface area contributed by atoms with Crippen LogP contribution in [-0.4, -0.2) is 12.5 Å². The minimum absolute atomic E-state index is 0.779.